The predicted octanol–water partition coefficient (Wildman–Crippen LogP) is 1.76. The number of aromatic hydroxyl groups is 1. The molecule has 0 unspecified atom stereocenters. The van der Waals surface area contributed by atoms with Crippen molar-refractivity contribution in [2.45, 2.75) is 0 Å². The van der Waals surface area contributed by atoms with E-state index in [0.717, 1.165) is 0 Å². The van der Waals surface area contributed by atoms with E-state index in [1.54, 1.807) is 48.5 Å². The molecule has 9 nitrogen and oxygen atoms in total. The molecule has 0 bridgehead atoms. The van der Waals surface area contributed by atoms with Crippen LogP contribution in [0.15, 0.2) is 76.1 Å². The number of hydrogen-bond donors (Lipinski definition) is 3. The number of aromatic nitrogens is 2. The molecule has 2 heterocycles. The van der Waals surface area contributed by atoms with Crippen molar-refractivity contribution in [2.24, 2.45) is 0 Å². The van der Waals surface area contributed by atoms with Crippen molar-refractivity contribution < 1.29 is 19.1 Å². The highest BCUT2D eigenvalue weighted by atomic mass is 16.4. The Bertz CT molecular complexity index is 1280. The lowest BCUT2D eigenvalue weighted by Gasteiger charge is -2.06. The molecule has 9 heteroatoms. The number of nitrogens with one attached hydrogen (secondary N) is 2. The minimum absolute atomic E-state index is 0.275. The van der Waals surface area contributed by atoms with Gasteiger partial charge in [0.15, 0.2) is 11.4 Å². The molecule has 0 atom stereocenters. The zero-order chi connectivity index (χ0) is 20.4. The topological polar surface area (TPSA) is 126 Å². The summed E-state index contributed by atoms with van der Waals surface area (Å²) in [7, 11) is 0. The van der Waals surface area contributed by atoms with Crippen LogP contribution < -0.4 is 16.5 Å². The highest BCUT2D eigenvalue weighted by molar-refractivity contribution is 6.00. The number of hydrazine groups is 1. The summed E-state index contributed by atoms with van der Waals surface area (Å²) < 4.78 is 6.42. The molecule has 0 spiro atoms. The quantitative estimate of drug-likeness (QED) is 0.361. The van der Waals surface area contributed by atoms with E-state index in [4.69, 9.17) is 4.42 Å². The normalized spacial score (nSPS) is 10.6. The smallest absolute Gasteiger partial charge is 0.349 e. The van der Waals surface area contributed by atoms with Gasteiger partial charge in [0.05, 0.1) is 11.9 Å². The second-order valence-electron chi connectivity index (χ2n) is 6.04. The zero-order valence-electron chi connectivity index (χ0n) is 14.8. The molecular formula is C20H14N4O5. The third-order valence-electron chi connectivity index (χ3n) is 4.11. The molecule has 4 aromatic rings. The number of hydrogen-bond acceptors (Lipinski definition) is 6. The van der Waals surface area contributed by atoms with Gasteiger partial charge >= 0.3 is 5.63 Å². The van der Waals surface area contributed by atoms with E-state index < -0.39 is 17.4 Å². The Morgan fingerprint density at radius 2 is 1.66 bits per heavy atom. The minimum atomic E-state index is -0.861. The van der Waals surface area contributed by atoms with E-state index in [9.17, 15) is 19.5 Å². The Morgan fingerprint density at radius 1 is 0.966 bits per heavy atom. The second-order valence-corrected chi connectivity index (χ2v) is 6.04. The van der Waals surface area contributed by atoms with E-state index in [0.29, 0.717) is 16.7 Å². The molecule has 0 saturated carbocycles. The van der Waals surface area contributed by atoms with Crippen LogP contribution in [0.4, 0.5) is 0 Å². The van der Waals surface area contributed by atoms with Gasteiger partial charge in [0.1, 0.15) is 11.1 Å². The first kappa shape index (κ1) is 18.0. The lowest BCUT2D eigenvalue weighted by Crippen LogP contribution is -2.43. The molecule has 0 saturated heterocycles. The number of benzene rings is 2. The van der Waals surface area contributed by atoms with Crippen LogP contribution in [0.2, 0.25) is 0 Å². The number of rotatable bonds is 3. The summed E-state index contributed by atoms with van der Waals surface area (Å²) in [6.07, 6.45) is 1.27. The van der Waals surface area contributed by atoms with Crippen molar-refractivity contribution in [3.8, 4) is 11.4 Å². The van der Waals surface area contributed by atoms with Crippen molar-refractivity contribution in [2.75, 3.05) is 0 Å². The summed E-state index contributed by atoms with van der Waals surface area (Å²) in [4.78, 5) is 36.6. The maximum atomic E-state index is 12.3. The summed E-state index contributed by atoms with van der Waals surface area (Å²) in [6, 6.07) is 17.0. The molecule has 0 radical (unpaired) electrons. The van der Waals surface area contributed by atoms with E-state index in [2.05, 4.69) is 16.0 Å². The van der Waals surface area contributed by atoms with Gasteiger partial charge in [0.2, 0.25) is 0 Å². The molecule has 29 heavy (non-hydrogen) atoms. The fourth-order valence-electron chi connectivity index (χ4n) is 2.70. The fourth-order valence-corrected chi connectivity index (χ4v) is 2.70. The van der Waals surface area contributed by atoms with Crippen LogP contribution in [-0.4, -0.2) is 26.7 Å². The lowest BCUT2D eigenvalue weighted by atomic mass is 10.2. The van der Waals surface area contributed by atoms with Gasteiger partial charge < -0.3 is 9.52 Å². The molecule has 4 rings (SSSR count). The first-order valence-electron chi connectivity index (χ1n) is 8.50. The van der Waals surface area contributed by atoms with Gasteiger partial charge in [0.25, 0.3) is 11.8 Å². The first-order valence-corrected chi connectivity index (χ1v) is 8.50. The molecule has 3 N–H and O–H groups in total. The molecule has 2 aromatic carbocycles. The summed E-state index contributed by atoms with van der Waals surface area (Å²) in [5, 5.41) is 14.6. The zero-order valence-corrected chi connectivity index (χ0v) is 14.8. The number of para-hydroxylation sites is 2. The van der Waals surface area contributed by atoms with Crippen LogP contribution in [0, 0.1) is 0 Å². The monoisotopic (exact) mass is 390 g/mol. The van der Waals surface area contributed by atoms with Gasteiger partial charge in [-0.05, 0) is 24.3 Å². The average molecular weight is 390 g/mol. The average Bonchev–Trinajstić information content (AvgIpc) is 3.13. The molecule has 0 aliphatic carbocycles. The second kappa shape index (κ2) is 7.31. The standard InChI is InChI=1S/C20H14N4O5/c25-15-11-24(13-7-2-1-3-8-13)23-17(15)19(27)22-21-18(26)14-10-12-6-4-5-9-16(12)29-20(14)28/h1-11,25H,(H,21,26)(H,22,27). The number of fused-ring (bicyclic) bond motifs is 1. The molecule has 144 valence electrons. The summed E-state index contributed by atoms with van der Waals surface area (Å²) in [5.41, 5.74) is 3.82. The fraction of sp³-hybridized carbons (Fsp3) is 0. The van der Waals surface area contributed by atoms with Crippen LogP contribution in [0.25, 0.3) is 16.7 Å². The first-order chi connectivity index (χ1) is 14.0. The predicted molar refractivity (Wildman–Crippen MR) is 103 cm³/mol. The number of carbonyl (C=O) groups is 2. The Morgan fingerprint density at radius 3 is 2.45 bits per heavy atom. The van der Waals surface area contributed by atoms with Crippen molar-refractivity contribution in [1.82, 2.24) is 20.6 Å². The number of nitrogens with zero attached hydrogens (tertiary/aromatic N) is 2. The highest BCUT2D eigenvalue weighted by Gasteiger charge is 2.19. The maximum absolute atomic E-state index is 12.3. The Labute approximate surface area is 163 Å². The molecule has 0 fully saturated rings. The van der Waals surface area contributed by atoms with Crippen molar-refractivity contribution in [3.63, 3.8) is 0 Å². The van der Waals surface area contributed by atoms with Crippen LogP contribution >= 0.6 is 0 Å². The molecule has 2 amide bonds. The van der Waals surface area contributed by atoms with E-state index in [-0.39, 0.29) is 17.0 Å². The molecule has 0 aliphatic rings. The third kappa shape index (κ3) is 3.56. The lowest BCUT2D eigenvalue weighted by molar-refractivity contribution is 0.0840. The van der Waals surface area contributed by atoms with Crippen molar-refractivity contribution in [3.05, 3.63) is 88.5 Å². The molecule has 2 aromatic heterocycles. The van der Waals surface area contributed by atoms with Gasteiger partial charge in [0, 0.05) is 5.39 Å². The molecular weight excluding hydrogens is 376 g/mol. The van der Waals surface area contributed by atoms with E-state index in [1.807, 2.05) is 6.07 Å². The number of amides is 2. The van der Waals surface area contributed by atoms with Gasteiger partial charge in [-0.3, -0.25) is 20.4 Å². The summed E-state index contributed by atoms with van der Waals surface area (Å²) >= 11 is 0. The number of carbonyl (C=O) groups excluding carboxylic acids is 2. The Balaban J connectivity index is 1.50. The highest BCUT2D eigenvalue weighted by Crippen LogP contribution is 2.18. The van der Waals surface area contributed by atoms with Gasteiger partial charge in [-0.1, -0.05) is 36.4 Å². The van der Waals surface area contributed by atoms with E-state index >= 15 is 0 Å². The summed E-state index contributed by atoms with van der Waals surface area (Å²) in [6.45, 7) is 0. The maximum Gasteiger partial charge on any atom is 0.349 e. The third-order valence-corrected chi connectivity index (χ3v) is 4.11. The van der Waals surface area contributed by atoms with Crippen LogP contribution in [0.5, 0.6) is 5.75 Å². The molecule has 0 aliphatic heterocycles. The van der Waals surface area contributed by atoms with Crippen molar-refractivity contribution >= 4 is 22.8 Å². The minimum Gasteiger partial charge on any atom is -0.504 e. The van der Waals surface area contributed by atoms with Crippen molar-refractivity contribution in [1.29, 1.82) is 0 Å². The van der Waals surface area contributed by atoms with Gasteiger partial charge in [-0.25, -0.2) is 9.48 Å². The van der Waals surface area contributed by atoms with Crippen LogP contribution in [0.1, 0.15) is 20.8 Å². The van der Waals surface area contributed by atoms with Gasteiger partial charge in [-0.15, -0.1) is 0 Å². The Hall–Kier alpha value is -4.40. The van der Waals surface area contributed by atoms with Crippen LogP contribution in [-0.2, 0) is 0 Å². The Kier molecular flexibility index (Phi) is 4.54. The SMILES string of the molecule is O=C(NNC(=O)c1cc2ccccc2oc1=O)c1nn(-c2ccccc2)cc1O. The van der Waals surface area contributed by atoms with E-state index in [1.165, 1.54) is 16.9 Å². The largest absolute Gasteiger partial charge is 0.504 e. The van der Waals surface area contributed by atoms with Gasteiger partial charge in [-0.2, -0.15) is 5.10 Å². The summed E-state index contributed by atoms with van der Waals surface area (Å²) in [5.74, 6) is -2.08. The van der Waals surface area contributed by atoms with Crippen LogP contribution in [0.3, 0.4) is 0 Å².